The molecule has 1 fully saturated rings. The third-order valence-corrected chi connectivity index (χ3v) is 4.63. The Bertz CT molecular complexity index is 465. The molecule has 104 valence electrons. The molecule has 0 saturated carbocycles. The fourth-order valence-electron chi connectivity index (χ4n) is 2.40. The van der Waals surface area contributed by atoms with Crippen LogP contribution >= 0.6 is 15.9 Å². The maximum atomic E-state index is 12.4. The zero-order valence-corrected chi connectivity index (χ0v) is 13.4. The standard InChI is InChI=1S/C15H21BrN2O/c1-11(2)17-6-8-18(9-7-17)15(19)13-4-5-14(16)12(3)10-13/h4-5,10-11H,6-9H2,1-3H3. The molecule has 2 rings (SSSR count). The smallest absolute Gasteiger partial charge is 0.253 e. The molecule has 0 unspecified atom stereocenters. The van der Waals surface area contributed by atoms with Crippen LogP contribution in [0.2, 0.25) is 0 Å². The van der Waals surface area contributed by atoms with Crippen molar-refractivity contribution >= 4 is 21.8 Å². The first-order valence-electron chi connectivity index (χ1n) is 6.78. The Morgan fingerprint density at radius 2 is 1.84 bits per heavy atom. The van der Waals surface area contributed by atoms with Gasteiger partial charge in [0.2, 0.25) is 0 Å². The maximum absolute atomic E-state index is 12.4. The first-order chi connectivity index (χ1) is 8.99. The maximum Gasteiger partial charge on any atom is 0.253 e. The first-order valence-corrected chi connectivity index (χ1v) is 7.58. The number of carbonyl (C=O) groups excluding carboxylic acids is 1. The highest BCUT2D eigenvalue weighted by molar-refractivity contribution is 9.10. The number of hydrogen-bond acceptors (Lipinski definition) is 2. The van der Waals surface area contributed by atoms with Crippen LogP contribution in [0.4, 0.5) is 0 Å². The Hall–Kier alpha value is -0.870. The van der Waals surface area contributed by atoms with E-state index in [9.17, 15) is 4.79 Å². The number of piperazine rings is 1. The number of amides is 1. The van der Waals surface area contributed by atoms with Gasteiger partial charge in [-0.3, -0.25) is 9.69 Å². The third kappa shape index (κ3) is 3.37. The lowest BCUT2D eigenvalue weighted by Crippen LogP contribution is -2.50. The second-order valence-corrected chi connectivity index (χ2v) is 6.24. The molecule has 0 N–H and O–H groups in total. The van der Waals surface area contributed by atoms with Crippen molar-refractivity contribution in [3.63, 3.8) is 0 Å². The third-order valence-electron chi connectivity index (χ3n) is 3.74. The molecule has 1 heterocycles. The number of hydrogen-bond donors (Lipinski definition) is 0. The van der Waals surface area contributed by atoms with Crippen LogP contribution in [-0.4, -0.2) is 47.9 Å². The fourth-order valence-corrected chi connectivity index (χ4v) is 2.65. The molecular weight excluding hydrogens is 304 g/mol. The van der Waals surface area contributed by atoms with Crippen molar-refractivity contribution in [1.29, 1.82) is 0 Å². The summed E-state index contributed by atoms with van der Waals surface area (Å²) in [7, 11) is 0. The summed E-state index contributed by atoms with van der Waals surface area (Å²) in [4.78, 5) is 16.8. The predicted molar refractivity (Wildman–Crippen MR) is 81.5 cm³/mol. The lowest BCUT2D eigenvalue weighted by Gasteiger charge is -2.37. The molecule has 1 aliphatic heterocycles. The van der Waals surface area contributed by atoms with Crippen molar-refractivity contribution in [1.82, 2.24) is 9.80 Å². The van der Waals surface area contributed by atoms with E-state index in [1.807, 2.05) is 30.0 Å². The van der Waals surface area contributed by atoms with Gasteiger partial charge in [-0.2, -0.15) is 0 Å². The lowest BCUT2D eigenvalue weighted by molar-refractivity contribution is 0.0595. The van der Waals surface area contributed by atoms with E-state index < -0.39 is 0 Å². The van der Waals surface area contributed by atoms with E-state index in [0.29, 0.717) is 6.04 Å². The van der Waals surface area contributed by atoms with Crippen molar-refractivity contribution in [2.45, 2.75) is 26.8 Å². The van der Waals surface area contributed by atoms with E-state index in [1.54, 1.807) is 0 Å². The summed E-state index contributed by atoms with van der Waals surface area (Å²) < 4.78 is 1.05. The SMILES string of the molecule is Cc1cc(C(=O)N2CCN(C(C)C)CC2)ccc1Br. The Balaban J connectivity index is 2.03. The van der Waals surface area contributed by atoms with Gasteiger partial charge in [-0.1, -0.05) is 15.9 Å². The lowest BCUT2D eigenvalue weighted by atomic mass is 10.1. The molecule has 1 aromatic rings. The van der Waals surface area contributed by atoms with Crippen LogP contribution in [0.5, 0.6) is 0 Å². The number of carbonyl (C=O) groups is 1. The molecule has 1 saturated heterocycles. The number of rotatable bonds is 2. The minimum Gasteiger partial charge on any atom is -0.336 e. The van der Waals surface area contributed by atoms with Crippen molar-refractivity contribution in [3.8, 4) is 0 Å². The van der Waals surface area contributed by atoms with Crippen molar-refractivity contribution < 1.29 is 4.79 Å². The van der Waals surface area contributed by atoms with Gasteiger partial charge in [0, 0.05) is 42.3 Å². The van der Waals surface area contributed by atoms with Gasteiger partial charge in [0.15, 0.2) is 0 Å². The molecule has 0 atom stereocenters. The average Bonchev–Trinajstić information content (AvgIpc) is 2.41. The van der Waals surface area contributed by atoms with Gasteiger partial charge in [0.05, 0.1) is 0 Å². The number of aryl methyl sites for hydroxylation is 1. The molecule has 0 bridgehead atoms. The summed E-state index contributed by atoms with van der Waals surface area (Å²) in [6.45, 7) is 10.0. The van der Waals surface area contributed by atoms with Gasteiger partial charge in [0.25, 0.3) is 5.91 Å². The van der Waals surface area contributed by atoms with E-state index in [-0.39, 0.29) is 5.91 Å². The molecule has 3 nitrogen and oxygen atoms in total. The van der Waals surface area contributed by atoms with Crippen LogP contribution < -0.4 is 0 Å². The fraction of sp³-hybridized carbons (Fsp3) is 0.533. The highest BCUT2D eigenvalue weighted by atomic mass is 79.9. The van der Waals surface area contributed by atoms with E-state index in [4.69, 9.17) is 0 Å². The molecule has 0 radical (unpaired) electrons. The van der Waals surface area contributed by atoms with Crippen LogP contribution in [0, 0.1) is 6.92 Å². The average molecular weight is 325 g/mol. The van der Waals surface area contributed by atoms with Crippen LogP contribution in [0.3, 0.4) is 0 Å². The van der Waals surface area contributed by atoms with E-state index in [1.165, 1.54) is 0 Å². The molecule has 0 aliphatic carbocycles. The Morgan fingerprint density at radius 1 is 1.21 bits per heavy atom. The van der Waals surface area contributed by atoms with Crippen LogP contribution in [-0.2, 0) is 0 Å². The summed E-state index contributed by atoms with van der Waals surface area (Å²) in [6, 6.07) is 6.37. The molecule has 4 heteroatoms. The summed E-state index contributed by atoms with van der Waals surface area (Å²) >= 11 is 3.47. The molecule has 1 amide bonds. The molecular formula is C15H21BrN2O. The zero-order chi connectivity index (χ0) is 14.0. The Kier molecular flexibility index (Phi) is 4.63. The molecule has 0 aromatic heterocycles. The highest BCUT2D eigenvalue weighted by Gasteiger charge is 2.23. The minimum absolute atomic E-state index is 0.152. The van der Waals surface area contributed by atoms with E-state index in [2.05, 4.69) is 34.7 Å². The molecule has 19 heavy (non-hydrogen) atoms. The predicted octanol–water partition coefficient (Wildman–Crippen LogP) is 2.92. The van der Waals surface area contributed by atoms with Gasteiger partial charge in [-0.05, 0) is 44.5 Å². The number of halogens is 1. The van der Waals surface area contributed by atoms with Gasteiger partial charge in [-0.25, -0.2) is 0 Å². The monoisotopic (exact) mass is 324 g/mol. The minimum atomic E-state index is 0.152. The second kappa shape index (κ2) is 6.06. The summed E-state index contributed by atoms with van der Waals surface area (Å²) in [5.74, 6) is 0.152. The molecule has 1 aromatic carbocycles. The van der Waals surface area contributed by atoms with E-state index in [0.717, 1.165) is 41.8 Å². The summed E-state index contributed by atoms with van der Waals surface area (Å²) in [6.07, 6.45) is 0. The quantitative estimate of drug-likeness (QED) is 0.835. The molecule has 0 spiro atoms. The number of nitrogens with zero attached hydrogens (tertiary/aromatic N) is 2. The Morgan fingerprint density at radius 3 is 2.37 bits per heavy atom. The summed E-state index contributed by atoms with van der Waals surface area (Å²) in [5.41, 5.74) is 1.89. The van der Waals surface area contributed by atoms with Crippen LogP contribution in [0.1, 0.15) is 29.8 Å². The first kappa shape index (κ1) is 14.5. The van der Waals surface area contributed by atoms with Crippen molar-refractivity contribution in [2.24, 2.45) is 0 Å². The second-order valence-electron chi connectivity index (χ2n) is 5.39. The highest BCUT2D eigenvalue weighted by Crippen LogP contribution is 2.19. The van der Waals surface area contributed by atoms with Crippen molar-refractivity contribution in [3.05, 3.63) is 33.8 Å². The van der Waals surface area contributed by atoms with Gasteiger partial charge >= 0.3 is 0 Å². The van der Waals surface area contributed by atoms with Crippen molar-refractivity contribution in [2.75, 3.05) is 26.2 Å². The normalized spacial score (nSPS) is 17.0. The van der Waals surface area contributed by atoms with Gasteiger partial charge < -0.3 is 4.90 Å². The summed E-state index contributed by atoms with van der Waals surface area (Å²) in [5, 5.41) is 0. The largest absolute Gasteiger partial charge is 0.336 e. The number of benzene rings is 1. The van der Waals surface area contributed by atoms with E-state index >= 15 is 0 Å². The van der Waals surface area contributed by atoms with Gasteiger partial charge in [0.1, 0.15) is 0 Å². The topological polar surface area (TPSA) is 23.6 Å². The Labute approximate surface area is 123 Å². The van der Waals surface area contributed by atoms with Gasteiger partial charge in [-0.15, -0.1) is 0 Å². The zero-order valence-electron chi connectivity index (χ0n) is 11.8. The van der Waals surface area contributed by atoms with Crippen LogP contribution in [0.25, 0.3) is 0 Å². The molecule has 1 aliphatic rings. The van der Waals surface area contributed by atoms with Crippen LogP contribution in [0.15, 0.2) is 22.7 Å².